The summed E-state index contributed by atoms with van der Waals surface area (Å²) in [5.41, 5.74) is 5.74. The quantitative estimate of drug-likeness (QED) is 0.662. The van der Waals surface area contributed by atoms with Crippen LogP contribution in [0.5, 0.6) is 0 Å². The van der Waals surface area contributed by atoms with Crippen LogP contribution in [0.3, 0.4) is 0 Å². The van der Waals surface area contributed by atoms with Gasteiger partial charge in [0.2, 0.25) is 0 Å². The van der Waals surface area contributed by atoms with Crippen molar-refractivity contribution in [1.29, 1.82) is 0 Å². The SMILES string of the molecule is NC1=NC[C@H]2[C@@H](C(F)(F)F)OC[C@]2(c2cc(NC(=O)c3cnc(CF)cn3)ccc2F)S1. The summed E-state index contributed by atoms with van der Waals surface area (Å²) in [6.45, 7) is -1.56. The zero-order chi connectivity index (χ0) is 23.1. The fourth-order valence-electron chi connectivity index (χ4n) is 3.76. The number of nitrogens with one attached hydrogen (secondary N) is 1. The molecule has 0 bridgehead atoms. The molecule has 0 radical (unpaired) electrons. The van der Waals surface area contributed by atoms with Crippen molar-refractivity contribution < 1.29 is 31.5 Å². The van der Waals surface area contributed by atoms with Gasteiger partial charge in [-0.05, 0) is 18.2 Å². The van der Waals surface area contributed by atoms with Crippen LogP contribution in [0.1, 0.15) is 21.7 Å². The summed E-state index contributed by atoms with van der Waals surface area (Å²) in [6, 6.07) is 3.54. The monoisotopic (exact) mass is 473 g/mol. The molecule has 0 aliphatic carbocycles. The summed E-state index contributed by atoms with van der Waals surface area (Å²) in [7, 11) is 0. The molecule has 0 saturated carbocycles. The molecule has 0 unspecified atom stereocenters. The van der Waals surface area contributed by atoms with Gasteiger partial charge in [-0.1, -0.05) is 11.8 Å². The molecule has 1 saturated heterocycles. The number of carbonyl (C=O) groups is 1. The van der Waals surface area contributed by atoms with E-state index < -0.39 is 48.0 Å². The number of hydrogen-bond acceptors (Lipinski definition) is 7. The summed E-state index contributed by atoms with van der Waals surface area (Å²) in [5, 5.41) is 2.51. The number of ether oxygens (including phenoxy) is 1. The fraction of sp³-hybridized carbons (Fsp3) is 0.368. The minimum absolute atomic E-state index is 0.0183. The lowest BCUT2D eigenvalue weighted by atomic mass is 9.83. The number of thioether (sulfide) groups is 1. The van der Waals surface area contributed by atoms with Crippen LogP contribution in [0.25, 0.3) is 0 Å². The average molecular weight is 473 g/mol. The second kappa shape index (κ2) is 8.28. The third-order valence-electron chi connectivity index (χ3n) is 5.25. The Morgan fingerprint density at radius 1 is 1.31 bits per heavy atom. The van der Waals surface area contributed by atoms with Gasteiger partial charge >= 0.3 is 6.18 Å². The van der Waals surface area contributed by atoms with E-state index in [1.807, 2.05) is 0 Å². The molecule has 3 atom stereocenters. The van der Waals surface area contributed by atoms with Crippen molar-refractivity contribution in [3.8, 4) is 0 Å². The van der Waals surface area contributed by atoms with Gasteiger partial charge in [0.15, 0.2) is 11.3 Å². The number of aliphatic imine (C=N–C) groups is 1. The summed E-state index contributed by atoms with van der Waals surface area (Å²) in [6.07, 6.45) is -4.62. The van der Waals surface area contributed by atoms with Gasteiger partial charge in [0.05, 0.1) is 29.4 Å². The third kappa shape index (κ3) is 4.01. The predicted molar refractivity (Wildman–Crippen MR) is 106 cm³/mol. The molecule has 32 heavy (non-hydrogen) atoms. The number of alkyl halides is 4. The van der Waals surface area contributed by atoms with Crippen LogP contribution in [0.15, 0.2) is 35.6 Å². The van der Waals surface area contributed by atoms with E-state index in [0.717, 1.165) is 30.2 Å². The van der Waals surface area contributed by atoms with Gasteiger partial charge in [-0.15, -0.1) is 0 Å². The highest BCUT2D eigenvalue weighted by Gasteiger charge is 2.62. The Bertz CT molecular complexity index is 1070. The summed E-state index contributed by atoms with van der Waals surface area (Å²) < 4.78 is 71.5. The lowest BCUT2D eigenvalue weighted by molar-refractivity contribution is -0.215. The summed E-state index contributed by atoms with van der Waals surface area (Å²) in [4.78, 5) is 23.9. The number of aromatic nitrogens is 2. The van der Waals surface area contributed by atoms with Gasteiger partial charge in [0.1, 0.15) is 18.2 Å². The molecular formula is C19H16F5N5O2S. The van der Waals surface area contributed by atoms with Gasteiger partial charge in [-0.25, -0.2) is 13.8 Å². The topological polar surface area (TPSA) is 102 Å². The maximum absolute atomic E-state index is 14.9. The van der Waals surface area contributed by atoms with Crippen molar-refractivity contribution in [3.63, 3.8) is 0 Å². The van der Waals surface area contributed by atoms with E-state index in [1.165, 1.54) is 12.1 Å². The van der Waals surface area contributed by atoms with E-state index in [9.17, 15) is 26.7 Å². The second-order valence-corrected chi connectivity index (χ2v) is 8.58. The van der Waals surface area contributed by atoms with Crippen LogP contribution >= 0.6 is 11.8 Å². The minimum atomic E-state index is -4.67. The highest BCUT2D eigenvalue weighted by Crippen LogP contribution is 2.55. The normalized spacial score (nSPS) is 25.2. The smallest absolute Gasteiger partial charge is 0.379 e. The number of halogens is 5. The number of amidine groups is 1. The van der Waals surface area contributed by atoms with Gasteiger partial charge in [0.25, 0.3) is 5.91 Å². The number of rotatable bonds is 4. The van der Waals surface area contributed by atoms with E-state index in [4.69, 9.17) is 10.5 Å². The van der Waals surface area contributed by atoms with Crippen molar-refractivity contribution in [2.75, 3.05) is 18.5 Å². The first-order valence-electron chi connectivity index (χ1n) is 9.29. The molecule has 4 rings (SSSR count). The zero-order valence-electron chi connectivity index (χ0n) is 16.2. The van der Waals surface area contributed by atoms with Crippen LogP contribution < -0.4 is 11.1 Å². The predicted octanol–water partition coefficient (Wildman–Crippen LogP) is 3.17. The number of amides is 1. The number of nitrogens with two attached hydrogens (primary N) is 1. The van der Waals surface area contributed by atoms with E-state index in [0.29, 0.717) is 0 Å². The standard InChI is InChI=1S/C19H16F5N5O2S/c20-4-10-5-27-14(7-26-10)16(30)29-9-1-2-13(21)11(3-9)18-8-31-15(19(22,23)24)12(18)6-28-17(25)32-18/h1-3,5,7,12,15H,4,6,8H2,(H2,25,28)(H,29,30)/t12-,15-,18+/m0/s1. The van der Waals surface area contributed by atoms with Crippen molar-refractivity contribution in [3.05, 3.63) is 53.4 Å². The third-order valence-corrected chi connectivity index (χ3v) is 6.59. The van der Waals surface area contributed by atoms with Crippen LogP contribution in [-0.4, -0.2) is 46.5 Å². The molecule has 13 heteroatoms. The first-order chi connectivity index (χ1) is 15.1. The van der Waals surface area contributed by atoms with Crippen molar-refractivity contribution in [2.45, 2.75) is 23.7 Å². The van der Waals surface area contributed by atoms with Crippen molar-refractivity contribution in [1.82, 2.24) is 9.97 Å². The number of nitrogens with zero attached hydrogens (tertiary/aromatic N) is 3. The Labute approximate surface area is 182 Å². The Kier molecular flexibility index (Phi) is 5.79. The molecule has 2 aliphatic rings. The molecule has 1 aromatic heterocycles. The van der Waals surface area contributed by atoms with Gasteiger partial charge in [-0.3, -0.25) is 14.8 Å². The largest absolute Gasteiger partial charge is 0.415 e. The van der Waals surface area contributed by atoms with Gasteiger partial charge in [0, 0.05) is 23.7 Å². The number of benzene rings is 1. The van der Waals surface area contributed by atoms with Crippen LogP contribution in [-0.2, 0) is 16.2 Å². The van der Waals surface area contributed by atoms with Crippen LogP contribution in [0.2, 0.25) is 0 Å². The highest BCUT2D eigenvalue weighted by molar-refractivity contribution is 8.14. The number of carbonyl (C=O) groups excluding carboxylic acids is 1. The Morgan fingerprint density at radius 2 is 2.09 bits per heavy atom. The lowest BCUT2D eigenvalue weighted by Gasteiger charge is -2.37. The Morgan fingerprint density at radius 3 is 2.75 bits per heavy atom. The number of hydrogen-bond donors (Lipinski definition) is 2. The molecule has 2 aromatic rings. The second-order valence-electron chi connectivity index (χ2n) is 7.23. The lowest BCUT2D eigenvalue weighted by Crippen LogP contribution is -2.45. The van der Waals surface area contributed by atoms with Crippen molar-refractivity contribution in [2.24, 2.45) is 16.6 Å². The molecule has 1 fully saturated rings. The van der Waals surface area contributed by atoms with Gasteiger partial charge in [-0.2, -0.15) is 13.2 Å². The fourth-order valence-corrected chi connectivity index (χ4v) is 5.01. The van der Waals surface area contributed by atoms with Crippen LogP contribution in [0.4, 0.5) is 27.6 Å². The summed E-state index contributed by atoms with van der Waals surface area (Å²) >= 11 is 0.812. The number of anilines is 1. The van der Waals surface area contributed by atoms with E-state index >= 15 is 0 Å². The maximum Gasteiger partial charge on any atom is 0.415 e. The minimum Gasteiger partial charge on any atom is -0.379 e. The van der Waals surface area contributed by atoms with Crippen LogP contribution in [0, 0.1) is 11.7 Å². The Balaban J connectivity index is 1.67. The summed E-state index contributed by atoms with van der Waals surface area (Å²) in [5.74, 6) is -2.68. The van der Waals surface area contributed by atoms with E-state index in [1.54, 1.807) is 0 Å². The molecule has 1 amide bonds. The number of fused-ring (bicyclic) bond motifs is 1. The van der Waals surface area contributed by atoms with Gasteiger partial charge < -0.3 is 15.8 Å². The zero-order valence-corrected chi connectivity index (χ0v) is 17.0. The first-order valence-corrected chi connectivity index (χ1v) is 10.1. The van der Waals surface area contributed by atoms with E-state index in [2.05, 4.69) is 20.3 Å². The van der Waals surface area contributed by atoms with E-state index in [-0.39, 0.29) is 34.4 Å². The molecule has 3 N–H and O–H groups in total. The highest BCUT2D eigenvalue weighted by atomic mass is 32.2. The maximum atomic E-state index is 14.9. The molecule has 1 aromatic carbocycles. The molecule has 170 valence electrons. The molecule has 0 spiro atoms. The first kappa shape index (κ1) is 22.4. The molecule has 2 aliphatic heterocycles. The average Bonchev–Trinajstić information content (AvgIpc) is 3.15. The molecular weight excluding hydrogens is 457 g/mol. The molecule has 7 nitrogen and oxygen atoms in total. The van der Waals surface area contributed by atoms with Crippen molar-refractivity contribution >= 4 is 28.5 Å². The molecule has 3 heterocycles. The Hall–Kier alpha value is -2.80.